The van der Waals surface area contributed by atoms with Gasteiger partial charge in [-0.25, -0.2) is 0 Å². The van der Waals surface area contributed by atoms with Gasteiger partial charge < -0.3 is 10.5 Å². The summed E-state index contributed by atoms with van der Waals surface area (Å²) in [5.41, 5.74) is 6.18. The van der Waals surface area contributed by atoms with Crippen molar-refractivity contribution >= 4 is 5.78 Å². The highest BCUT2D eigenvalue weighted by Gasteiger charge is 2.29. The smallest absolute Gasteiger partial charge is 0.167 e. The van der Waals surface area contributed by atoms with Crippen molar-refractivity contribution in [1.29, 1.82) is 0 Å². The molecule has 2 heterocycles. The van der Waals surface area contributed by atoms with Gasteiger partial charge in [-0.05, 0) is 12.8 Å². The van der Waals surface area contributed by atoms with Crippen LogP contribution in [0.25, 0.3) is 0 Å². The van der Waals surface area contributed by atoms with Gasteiger partial charge in [0.05, 0.1) is 18.2 Å². The fourth-order valence-electron chi connectivity index (χ4n) is 1.88. The summed E-state index contributed by atoms with van der Waals surface area (Å²) >= 11 is 0. The number of aryl methyl sites for hydroxylation is 1. The molecule has 2 unspecified atom stereocenters. The minimum Gasteiger partial charge on any atom is -0.366 e. The zero-order valence-electron chi connectivity index (χ0n) is 9.30. The number of carbonyl (C=O) groups is 1. The molecule has 0 saturated carbocycles. The van der Waals surface area contributed by atoms with E-state index in [0.29, 0.717) is 12.2 Å². The molecule has 6 heteroatoms. The van der Waals surface area contributed by atoms with Crippen molar-refractivity contribution in [2.24, 2.45) is 12.8 Å². The Labute approximate surface area is 93.8 Å². The summed E-state index contributed by atoms with van der Waals surface area (Å²) in [6, 6.07) is 0. The van der Waals surface area contributed by atoms with Crippen LogP contribution >= 0.6 is 0 Å². The number of aromatic nitrogens is 3. The van der Waals surface area contributed by atoms with E-state index in [-0.39, 0.29) is 24.4 Å². The van der Waals surface area contributed by atoms with Crippen molar-refractivity contribution in [3.05, 3.63) is 11.9 Å². The summed E-state index contributed by atoms with van der Waals surface area (Å²) in [5, 5.41) is 7.66. The Morgan fingerprint density at radius 3 is 3.06 bits per heavy atom. The van der Waals surface area contributed by atoms with Gasteiger partial charge in [0.1, 0.15) is 6.10 Å². The van der Waals surface area contributed by atoms with E-state index in [0.717, 1.165) is 12.8 Å². The number of Topliss-reactive ketones (excluding diaryl/α,β-unsaturated/α-hetero) is 1. The van der Waals surface area contributed by atoms with E-state index in [1.807, 2.05) is 0 Å². The van der Waals surface area contributed by atoms with Crippen molar-refractivity contribution in [2.45, 2.75) is 31.5 Å². The quantitative estimate of drug-likeness (QED) is 0.740. The molecular weight excluding hydrogens is 208 g/mol. The molecule has 16 heavy (non-hydrogen) atoms. The molecule has 0 aromatic carbocycles. The molecule has 0 bridgehead atoms. The Bertz CT molecular complexity index is 377. The summed E-state index contributed by atoms with van der Waals surface area (Å²) in [5.74, 6) is 0.0662. The fraction of sp³-hybridized carbons (Fsp3) is 0.700. The maximum absolute atomic E-state index is 11.8. The van der Waals surface area contributed by atoms with Gasteiger partial charge in [0.15, 0.2) is 5.78 Å². The summed E-state index contributed by atoms with van der Waals surface area (Å²) in [6.07, 6.45) is 3.39. The van der Waals surface area contributed by atoms with Crippen LogP contribution < -0.4 is 5.73 Å². The predicted molar refractivity (Wildman–Crippen MR) is 56.7 cm³/mol. The normalized spacial score (nSPS) is 24.9. The van der Waals surface area contributed by atoms with Crippen molar-refractivity contribution in [2.75, 3.05) is 6.54 Å². The predicted octanol–water partition coefficient (Wildman–Crippen LogP) is -0.567. The highest BCUT2D eigenvalue weighted by Crippen LogP contribution is 2.20. The molecule has 1 aliphatic rings. The van der Waals surface area contributed by atoms with Gasteiger partial charge in [0.25, 0.3) is 0 Å². The summed E-state index contributed by atoms with van der Waals surface area (Å²) < 4.78 is 7.11. The van der Waals surface area contributed by atoms with Crippen LogP contribution in [-0.4, -0.2) is 39.5 Å². The second-order valence-electron chi connectivity index (χ2n) is 4.09. The number of ketones is 1. The number of nitrogens with two attached hydrogens (primary N) is 1. The Morgan fingerprint density at radius 1 is 1.69 bits per heavy atom. The molecule has 6 nitrogen and oxygen atoms in total. The van der Waals surface area contributed by atoms with Crippen LogP contribution in [-0.2, 0) is 23.0 Å². The number of hydrogen-bond donors (Lipinski definition) is 1. The second kappa shape index (κ2) is 4.71. The maximum Gasteiger partial charge on any atom is 0.167 e. The number of carbonyl (C=O) groups excluding carboxylic acids is 1. The van der Waals surface area contributed by atoms with E-state index in [2.05, 4.69) is 10.3 Å². The lowest BCUT2D eigenvalue weighted by molar-refractivity contribution is -0.129. The highest BCUT2D eigenvalue weighted by atomic mass is 16.5. The minimum absolute atomic E-state index is 0.0378. The molecule has 0 aliphatic carbocycles. The average molecular weight is 224 g/mol. The Balaban J connectivity index is 1.89. The molecule has 88 valence electrons. The first-order chi connectivity index (χ1) is 7.69. The zero-order valence-corrected chi connectivity index (χ0v) is 9.30. The first-order valence-electron chi connectivity index (χ1n) is 5.42. The van der Waals surface area contributed by atoms with Gasteiger partial charge in [-0.1, -0.05) is 5.21 Å². The molecule has 0 amide bonds. The van der Waals surface area contributed by atoms with E-state index < -0.39 is 0 Å². The lowest BCUT2D eigenvalue weighted by Crippen LogP contribution is -2.26. The highest BCUT2D eigenvalue weighted by molar-refractivity contribution is 5.85. The second-order valence-corrected chi connectivity index (χ2v) is 4.09. The molecule has 1 aromatic heterocycles. The molecule has 2 N–H and O–H groups in total. The Kier molecular flexibility index (Phi) is 3.31. The van der Waals surface area contributed by atoms with Gasteiger partial charge in [-0.15, -0.1) is 5.10 Å². The van der Waals surface area contributed by atoms with E-state index in [1.165, 1.54) is 0 Å². The number of rotatable bonds is 4. The van der Waals surface area contributed by atoms with Crippen LogP contribution in [0.3, 0.4) is 0 Å². The average Bonchev–Trinajstić information content (AvgIpc) is 2.87. The zero-order chi connectivity index (χ0) is 11.5. The fourth-order valence-corrected chi connectivity index (χ4v) is 1.88. The van der Waals surface area contributed by atoms with Crippen LogP contribution in [0.5, 0.6) is 0 Å². The van der Waals surface area contributed by atoms with Crippen LogP contribution in [0.15, 0.2) is 6.20 Å². The van der Waals surface area contributed by atoms with Gasteiger partial charge >= 0.3 is 0 Å². The monoisotopic (exact) mass is 224 g/mol. The van der Waals surface area contributed by atoms with Crippen LogP contribution in [0, 0.1) is 0 Å². The van der Waals surface area contributed by atoms with Crippen LogP contribution in [0.1, 0.15) is 18.5 Å². The largest absolute Gasteiger partial charge is 0.366 e. The molecule has 1 fully saturated rings. The van der Waals surface area contributed by atoms with E-state index >= 15 is 0 Å². The topological polar surface area (TPSA) is 83.0 Å². The number of nitrogens with zero attached hydrogens (tertiary/aromatic N) is 3. The lowest BCUT2D eigenvalue weighted by atomic mass is 10.1. The molecule has 1 saturated heterocycles. The maximum atomic E-state index is 11.8. The molecule has 1 aromatic rings. The first-order valence-corrected chi connectivity index (χ1v) is 5.42. The van der Waals surface area contributed by atoms with Gasteiger partial charge in [-0.3, -0.25) is 9.48 Å². The summed E-state index contributed by atoms with van der Waals surface area (Å²) in [7, 11) is 1.78. The molecule has 0 radical (unpaired) electrons. The number of ether oxygens (including phenoxy) is 1. The SMILES string of the molecule is Cn1cc(CC(=O)C2CCC(CN)O2)nn1. The standard InChI is InChI=1S/C10H16N4O2/c1-14-6-7(12-13-14)4-9(15)10-3-2-8(5-11)16-10/h6,8,10H,2-5,11H2,1H3. The Morgan fingerprint density at radius 2 is 2.50 bits per heavy atom. The molecule has 2 rings (SSSR count). The summed E-state index contributed by atoms with van der Waals surface area (Å²) in [6.45, 7) is 0.481. The van der Waals surface area contributed by atoms with Crippen molar-refractivity contribution in [3.8, 4) is 0 Å². The van der Waals surface area contributed by atoms with Crippen molar-refractivity contribution in [3.63, 3.8) is 0 Å². The molecule has 2 atom stereocenters. The van der Waals surface area contributed by atoms with E-state index in [4.69, 9.17) is 10.5 Å². The Hall–Kier alpha value is -1.27. The van der Waals surface area contributed by atoms with Crippen molar-refractivity contribution < 1.29 is 9.53 Å². The lowest BCUT2D eigenvalue weighted by Gasteiger charge is -2.10. The third kappa shape index (κ3) is 2.45. The van der Waals surface area contributed by atoms with Crippen LogP contribution in [0.2, 0.25) is 0 Å². The molecule has 0 spiro atoms. The third-order valence-corrected chi connectivity index (χ3v) is 2.74. The summed E-state index contributed by atoms with van der Waals surface area (Å²) in [4.78, 5) is 11.8. The van der Waals surface area contributed by atoms with Gasteiger partial charge in [-0.2, -0.15) is 0 Å². The van der Waals surface area contributed by atoms with E-state index in [1.54, 1.807) is 17.9 Å². The van der Waals surface area contributed by atoms with Crippen LogP contribution in [0.4, 0.5) is 0 Å². The first kappa shape index (κ1) is 11.2. The third-order valence-electron chi connectivity index (χ3n) is 2.74. The van der Waals surface area contributed by atoms with Gasteiger partial charge in [0.2, 0.25) is 0 Å². The molecular formula is C10H16N4O2. The van der Waals surface area contributed by atoms with Crippen molar-refractivity contribution in [1.82, 2.24) is 15.0 Å². The minimum atomic E-state index is -0.310. The number of hydrogen-bond acceptors (Lipinski definition) is 5. The molecule has 1 aliphatic heterocycles. The van der Waals surface area contributed by atoms with E-state index in [9.17, 15) is 4.79 Å². The van der Waals surface area contributed by atoms with Gasteiger partial charge in [0, 0.05) is 19.8 Å².